The Hall–Kier alpha value is -1.44. The molecule has 1 N–H and O–H groups in total. The Morgan fingerprint density at radius 1 is 1.24 bits per heavy atom. The van der Waals surface area contributed by atoms with Crippen LogP contribution >= 0.6 is 0 Å². The fourth-order valence-corrected chi connectivity index (χ4v) is 4.51. The lowest BCUT2D eigenvalue weighted by molar-refractivity contribution is 0.327. The van der Waals surface area contributed by atoms with Gasteiger partial charge in [0.1, 0.15) is 0 Å². The average Bonchev–Trinajstić information content (AvgIpc) is 2.86. The van der Waals surface area contributed by atoms with Crippen molar-refractivity contribution in [2.75, 3.05) is 7.11 Å². The molecule has 3 atom stereocenters. The van der Waals surface area contributed by atoms with Gasteiger partial charge in [-0.1, -0.05) is 18.6 Å². The summed E-state index contributed by atoms with van der Waals surface area (Å²) in [6.45, 7) is 4.56. The second-order valence-corrected chi connectivity index (χ2v) is 6.58. The van der Waals surface area contributed by atoms with Crippen LogP contribution < -0.4 is 4.74 Å². The van der Waals surface area contributed by atoms with Crippen molar-refractivity contribution in [1.82, 2.24) is 0 Å². The summed E-state index contributed by atoms with van der Waals surface area (Å²) >= 11 is 0. The number of ether oxygens (including phenoxy) is 1. The van der Waals surface area contributed by atoms with Crippen molar-refractivity contribution in [2.24, 2.45) is 11.8 Å². The maximum atomic E-state index is 10.0. The van der Waals surface area contributed by atoms with Gasteiger partial charge >= 0.3 is 0 Å². The van der Waals surface area contributed by atoms with Gasteiger partial charge in [0.05, 0.1) is 7.11 Å². The number of phenols is 1. The van der Waals surface area contributed by atoms with Gasteiger partial charge in [-0.05, 0) is 80.0 Å². The maximum absolute atomic E-state index is 10.0. The molecule has 2 aliphatic carbocycles. The van der Waals surface area contributed by atoms with Crippen molar-refractivity contribution in [3.63, 3.8) is 0 Å². The number of phenolic OH excluding ortho intramolecular Hbond substituents is 1. The first kappa shape index (κ1) is 14.5. The van der Waals surface area contributed by atoms with E-state index in [1.54, 1.807) is 12.7 Å². The number of allylic oxidation sites excluding steroid dienone is 2. The molecule has 1 saturated carbocycles. The highest BCUT2D eigenvalue weighted by atomic mass is 16.5. The summed E-state index contributed by atoms with van der Waals surface area (Å²) in [6, 6.07) is 4.02. The lowest BCUT2D eigenvalue weighted by Crippen LogP contribution is -2.21. The van der Waals surface area contributed by atoms with Gasteiger partial charge in [-0.15, -0.1) is 0 Å². The van der Waals surface area contributed by atoms with E-state index in [2.05, 4.69) is 26.0 Å². The van der Waals surface area contributed by atoms with Crippen LogP contribution in [0.4, 0.5) is 0 Å². The molecule has 2 nitrogen and oxygen atoms in total. The Labute approximate surface area is 127 Å². The third-order valence-corrected chi connectivity index (χ3v) is 5.68. The fraction of sp³-hybridized carbons (Fsp3) is 0.579. The molecular weight excluding hydrogens is 260 g/mol. The minimum Gasteiger partial charge on any atom is -0.504 e. The van der Waals surface area contributed by atoms with Gasteiger partial charge in [0.15, 0.2) is 11.5 Å². The fourth-order valence-electron chi connectivity index (χ4n) is 4.51. The standard InChI is InChI=1S/C19H26O2/c1-4-13-8-9-15(12(13)2)16-7-5-6-14-10-18(20)19(21-3)11-17(14)16/h4,10-12,15-16,20H,5-9H2,1-3H3/b13-4+. The van der Waals surface area contributed by atoms with Crippen molar-refractivity contribution in [3.8, 4) is 11.5 Å². The Morgan fingerprint density at radius 2 is 2.05 bits per heavy atom. The predicted molar refractivity (Wildman–Crippen MR) is 86.0 cm³/mol. The van der Waals surface area contributed by atoms with Gasteiger partial charge < -0.3 is 9.84 Å². The van der Waals surface area contributed by atoms with Crippen molar-refractivity contribution in [3.05, 3.63) is 34.9 Å². The summed E-state index contributed by atoms with van der Waals surface area (Å²) in [5, 5.41) is 10.0. The summed E-state index contributed by atoms with van der Waals surface area (Å²) in [6.07, 6.45) is 8.45. The zero-order valence-corrected chi connectivity index (χ0v) is 13.4. The molecular formula is C19H26O2. The van der Waals surface area contributed by atoms with E-state index in [4.69, 9.17) is 4.74 Å². The third-order valence-electron chi connectivity index (χ3n) is 5.68. The van der Waals surface area contributed by atoms with E-state index in [9.17, 15) is 5.11 Å². The number of fused-ring (bicyclic) bond motifs is 1. The van der Waals surface area contributed by atoms with Gasteiger partial charge in [0.2, 0.25) is 0 Å². The molecule has 114 valence electrons. The van der Waals surface area contributed by atoms with Crippen LogP contribution in [0.1, 0.15) is 56.6 Å². The zero-order valence-electron chi connectivity index (χ0n) is 13.4. The predicted octanol–water partition coefficient (Wildman–Crippen LogP) is 4.81. The largest absolute Gasteiger partial charge is 0.504 e. The summed E-state index contributed by atoms with van der Waals surface area (Å²) in [5.74, 6) is 2.95. The molecule has 1 aromatic rings. The van der Waals surface area contributed by atoms with Gasteiger partial charge in [-0.2, -0.15) is 0 Å². The molecule has 0 saturated heterocycles. The summed E-state index contributed by atoms with van der Waals surface area (Å²) in [4.78, 5) is 0. The molecule has 0 radical (unpaired) electrons. The van der Waals surface area contributed by atoms with Gasteiger partial charge in [-0.25, -0.2) is 0 Å². The highest BCUT2D eigenvalue weighted by molar-refractivity contribution is 5.49. The monoisotopic (exact) mass is 286 g/mol. The lowest BCUT2D eigenvalue weighted by Gasteiger charge is -2.33. The average molecular weight is 286 g/mol. The molecule has 1 aromatic carbocycles. The van der Waals surface area contributed by atoms with E-state index in [1.807, 2.05) is 6.07 Å². The highest BCUT2D eigenvalue weighted by Gasteiger charge is 2.36. The molecule has 2 aliphatic rings. The molecule has 21 heavy (non-hydrogen) atoms. The first-order valence-corrected chi connectivity index (χ1v) is 8.20. The molecule has 0 aliphatic heterocycles. The van der Waals surface area contributed by atoms with Crippen LogP contribution in [0.15, 0.2) is 23.8 Å². The number of aromatic hydroxyl groups is 1. The summed E-state index contributed by atoms with van der Waals surface area (Å²) < 4.78 is 5.33. The van der Waals surface area contributed by atoms with Crippen LogP contribution in [0, 0.1) is 11.8 Å². The molecule has 0 heterocycles. The number of rotatable bonds is 2. The Kier molecular flexibility index (Phi) is 3.97. The van der Waals surface area contributed by atoms with Crippen molar-refractivity contribution >= 4 is 0 Å². The van der Waals surface area contributed by atoms with E-state index < -0.39 is 0 Å². The molecule has 3 unspecified atom stereocenters. The van der Waals surface area contributed by atoms with E-state index in [-0.39, 0.29) is 5.75 Å². The molecule has 0 amide bonds. The van der Waals surface area contributed by atoms with Crippen molar-refractivity contribution in [2.45, 2.75) is 51.9 Å². The molecule has 0 spiro atoms. The molecule has 3 rings (SSSR count). The quantitative estimate of drug-likeness (QED) is 0.790. The molecule has 0 bridgehead atoms. The van der Waals surface area contributed by atoms with E-state index >= 15 is 0 Å². The van der Waals surface area contributed by atoms with Crippen LogP contribution in [0.2, 0.25) is 0 Å². The van der Waals surface area contributed by atoms with Gasteiger partial charge in [0, 0.05) is 0 Å². The topological polar surface area (TPSA) is 29.5 Å². The second-order valence-electron chi connectivity index (χ2n) is 6.58. The lowest BCUT2D eigenvalue weighted by atomic mass is 9.72. The molecule has 0 aromatic heterocycles. The van der Waals surface area contributed by atoms with E-state index in [0.29, 0.717) is 17.6 Å². The smallest absolute Gasteiger partial charge is 0.160 e. The van der Waals surface area contributed by atoms with E-state index in [0.717, 1.165) is 12.3 Å². The van der Waals surface area contributed by atoms with Crippen molar-refractivity contribution in [1.29, 1.82) is 0 Å². The normalized spacial score (nSPS) is 30.4. The molecule has 1 fully saturated rings. The Bertz CT molecular complexity index is 559. The van der Waals surface area contributed by atoms with Crippen LogP contribution in [-0.4, -0.2) is 12.2 Å². The first-order valence-electron chi connectivity index (χ1n) is 8.20. The van der Waals surface area contributed by atoms with Gasteiger partial charge in [-0.3, -0.25) is 0 Å². The van der Waals surface area contributed by atoms with Crippen LogP contribution in [0.5, 0.6) is 11.5 Å². The van der Waals surface area contributed by atoms with Crippen LogP contribution in [-0.2, 0) is 6.42 Å². The Morgan fingerprint density at radius 3 is 2.71 bits per heavy atom. The molecule has 2 heteroatoms. The minimum absolute atomic E-state index is 0.283. The Balaban J connectivity index is 1.97. The van der Waals surface area contributed by atoms with E-state index in [1.165, 1.54) is 36.8 Å². The third kappa shape index (κ3) is 2.45. The highest BCUT2D eigenvalue weighted by Crippen LogP contribution is 2.50. The number of aryl methyl sites for hydroxylation is 1. The minimum atomic E-state index is 0.283. The number of hydrogen-bond acceptors (Lipinski definition) is 2. The number of methoxy groups -OCH3 is 1. The summed E-state index contributed by atoms with van der Waals surface area (Å²) in [7, 11) is 1.63. The maximum Gasteiger partial charge on any atom is 0.160 e. The number of hydrogen-bond donors (Lipinski definition) is 1. The van der Waals surface area contributed by atoms with Crippen molar-refractivity contribution < 1.29 is 9.84 Å². The van der Waals surface area contributed by atoms with Crippen LogP contribution in [0.25, 0.3) is 0 Å². The van der Waals surface area contributed by atoms with Crippen LogP contribution in [0.3, 0.4) is 0 Å². The SMILES string of the molecule is C/C=C1\CCC(C2CCCc3cc(O)c(OC)cc32)C1C. The summed E-state index contributed by atoms with van der Waals surface area (Å²) in [5.41, 5.74) is 4.37. The second kappa shape index (κ2) is 5.75. The number of benzene rings is 1. The first-order chi connectivity index (χ1) is 10.2. The van der Waals surface area contributed by atoms with Gasteiger partial charge in [0.25, 0.3) is 0 Å². The zero-order chi connectivity index (χ0) is 15.0.